The SMILES string of the molecule is CO[C@H](C)/C(=N/Nc1ccc([N+](=O)[O-])cc1[N+](=O)[O-])C(C)C. The Morgan fingerprint density at radius 2 is 1.86 bits per heavy atom. The van der Waals surface area contributed by atoms with Crippen molar-refractivity contribution in [2.45, 2.75) is 26.9 Å². The standard InChI is InChI=1S/C13H18N4O5/c1-8(2)13(9(3)22-4)15-14-11-6-5-10(16(18)19)7-12(11)17(20)21/h5-9,14H,1-4H3/b15-13+/t9-/m1/s1. The molecule has 120 valence electrons. The van der Waals surface area contributed by atoms with Gasteiger partial charge >= 0.3 is 5.69 Å². The van der Waals surface area contributed by atoms with Crippen molar-refractivity contribution < 1.29 is 14.6 Å². The van der Waals surface area contributed by atoms with E-state index in [4.69, 9.17) is 4.74 Å². The van der Waals surface area contributed by atoms with Gasteiger partial charge < -0.3 is 4.74 Å². The van der Waals surface area contributed by atoms with Gasteiger partial charge in [-0.2, -0.15) is 5.10 Å². The Morgan fingerprint density at radius 1 is 1.23 bits per heavy atom. The summed E-state index contributed by atoms with van der Waals surface area (Å²) in [6.07, 6.45) is -0.260. The largest absolute Gasteiger partial charge is 0.376 e. The number of anilines is 1. The van der Waals surface area contributed by atoms with E-state index < -0.39 is 15.5 Å². The van der Waals surface area contributed by atoms with Gasteiger partial charge in [0.05, 0.1) is 27.7 Å². The number of rotatable bonds is 7. The predicted molar refractivity (Wildman–Crippen MR) is 82.1 cm³/mol. The summed E-state index contributed by atoms with van der Waals surface area (Å²) in [4.78, 5) is 20.3. The summed E-state index contributed by atoms with van der Waals surface area (Å²) in [5.41, 5.74) is 2.60. The summed E-state index contributed by atoms with van der Waals surface area (Å²) < 4.78 is 5.20. The van der Waals surface area contributed by atoms with Gasteiger partial charge in [0, 0.05) is 13.2 Å². The Balaban J connectivity index is 3.16. The normalized spacial score (nSPS) is 13.0. The van der Waals surface area contributed by atoms with Crippen molar-refractivity contribution in [3.8, 4) is 0 Å². The zero-order valence-corrected chi connectivity index (χ0v) is 12.8. The van der Waals surface area contributed by atoms with Gasteiger partial charge in [0.2, 0.25) is 0 Å². The van der Waals surface area contributed by atoms with Gasteiger partial charge in [0.15, 0.2) is 0 Å². The number of nitro benzene ring substituents is 2. The molecule has 1 rings (SSSR count). The maximum absolute atomic E-state index is 11.0. The molecule has 0 radical (unpaired) electrons. The third-order valence-corrected chi connectivity index (χ3v) is 3.06. The van der Waals surface area contributed by atoms with Crippen LogP contribution in [0.3, 0.4) is 0 Å². The van der Waals surface area contributed by atoms with E-state index in [1.54, 1.807) is 0 Å². The minimum absolute atomic E-state index is 0.0690. The smallest absolute Gasteiger partial charge is 0.301 e. The molecule has 9 nitrogen and oxygen atoms in total. The van der Waals surface area contributed by atoms with Crippen molar-refractivity contribution in [1.29, 1.82) is 0 Å². The van der Waals surface area contributed by atoms with Crippen molar-refractivity contribution in [2.75, 3.05) is 12.5 Å². The second-order valence-corrected chi connectivity index (χ2v) is 4.90. The van der Waals surface area contributed by atoms with E-state index in [2.05, 4.69) is 10.5 Å². The first-order valence-electron chi connectivity index (χ1n) is 6.57. The number of nitrogens with one attached hydrogen (secondary N) is 1. The van der Waals surface area contributed by atoms with Gasteiger partial charge in [-0.25, -0.2) is 0 Å². The highest BCUT2D eigenvalue weighted by Gasteiger charge is 2.20. The van der Waals surface area contributed by atoms with Crippen LogP contribution in [0.4, 0.5) is 17.1 Å². The third kappa shape index (κ3) is 4.22. The lowest BCUT2D eigenvalue weighted by Gasteiger charge is -2.16. The summed E-state index contributed by atoms with van der Waals surface area (Å²) in [6.45, 7) is 5.64. The van der Waals surface area contributed by atoms with Crippen LogP contribution in [0.2, 0.25) is 0 Å². The van der Waals surface area contributed by atoms with E-state index in [0.717, 1.165) is 6.07 Å². The molecule has 9 heteroatoms. The van der Waals surface area contributed by atoms with Gasteiger partial charge in [0.25, 0.3) is 5.69 Å². The topological polar surface area (TPSA) is 120 Å². The van der Waals surface area contributed by atoms with Crippen molar-refractivity contribution in [3.63, 3.8) is 0 Å². The van der Waals surface area contributed by atoms with Gasteiger partial charge in [-0.15, -0.1) is 0 Å². The zero-order valence-electron chi connectivity index (χ0n) is 12.8. The molecule has 0 spiro atoms. The van der Waals surface area contributed by atoms with Crippen molar-refractivity contribution >= 4 is 22.8 Å². The first-order valence-corrected chi connectivity index (χ1v) is 6.57. The van der Waals surface area contributed by atoms with Crippen molar-refractivity contribution in [3.05, 3.63) is 38.4 Å². The molecule has 0 aliphatic rings. The van der Waals surface area contributed by atoms with E-state index in [-0.39, 0.29) is 23.4 Å². The molecule has 1 N–H and O–H groups in total. The molecule has 1 atom stereocenters. The van der Waals surface area contributed by atoms with E-state index in [1.807, 2.05) is 20.8 Å². The molecule has 0 aromatic heterocycles. The molecule has 22 heavy (non-hydrogen) atoms. The van der Waals surface area contributed by atoms with Crippen LogP contribution in [-0.2, 0) is 4.74 Å². The molecule has 0 heterocycles. The molecule has 0 aliphatic heterocycles. The van der Waals surface area contributed by atoms with Gasteiger partial charge in [-0.3, -0.25) is 25.7 Å². The number of nitrogens with zero attached hydrogens (tertiary/aromatic N) is 3. The number of hydrogen-bond donors (Lipinski definition) is 1. The van der Waals surface area contributed by atoms with Crippen LogP contribution >= 0.6 is 0 Å². The van der Waals surface area contributed by atoms with Crippen LogP contribution in [0.25, 0.3) is 0 Å². The fraction of sp³-hybridized carbons (Fsp3) is 0.462. The van der Waals surface area contributed by atoms with Crippen LogP contribution in [0.15, 0.2) is 23.3 Å². The molecule has 0 fully saturated rings. The number of nitro groups is 2. The van der Waals surface area contributed by atoms with Crippen LogP contribution in [-0.4, -0.2) is 28.8 Å². The molecule has 0 saturated carbocycles. The van der Waals surface area contributed by atoms with Crippen molar-refractivity contribution in [1.82, 2.24) is 0 Å². The highest BCUT2D eigenvalue weighted by atomic mass is 16.6. The molecule has 0 aliphatic carbocycles. The van der Waals surface area contributed by atoms with Gasteiger partial charge in [0.1, 0.15) is 5.69 Å². The van der Waals surface area contributed by atoms with Crippen molar-refractivity contribution in [2.24, 2.45) is 11.0 Å². The molecule has 0 unspecified atom stereocenters. The Hall–Kier alpha value is -2.55. The monoisotopic (exact) mass is 310 g/mol. The average Bonchev–Trinajstić information content (AvgIpc) is 2.46. The maximum atomic E-state index is 11.0. The molecular weight excluding hydrogens is 292 g/mol. The predicted octanol–water partition coefficient (Wildman–Crippen LogP) is 2.96. The number of hydrogen-bond acceptors (Lipinski definition) is 7. The summed E-state index contributed by atoms with van der Waals surface area (Å²) >= 11 is 0. The highest BCUT2D eigenvalue weighted by molar-refractivity contribution is 5.90. The Morgan fingerprint density at radius 3 is 2.32 bits per heavy atom. The average molecular weight is 310 g/mol. The van der Waals surface area contributed by atoms with E-state index in [1.165, 1.54) is 19.2 Å². The lowest BCUT2D eigenvalue weighted by Crippen LogP contribution is -2.25. The zero-order chi connectivity index (χ0) is 16.9. The minimum Gasteiger partial charge on any atom is -0.376 e. The van der Waals surface area contributed by atoms with Gasteiger partial charge in [-0.1, -0.05) is 13.8 Å². The molecule has 0 amide bonds. The molecule has 0 saturated heterocycles. The number of hydrazone groups is 1. The first-order chi connectivity index (χ1) is 10.3. The molecule has 1 aromatic rings. The lowest BCUT2D eigenvalue weighted by atomic mass is 10.0. The van der Waals surface area contributed by atoms with E-state index >= 15 is 0 Å². The number of non-ortho nitro benzene ring substituents is 1. The number of ether oxygens (including phenoxy) is 1. The second kappa shape index (κ2) is 7.46. The maximum Gasteiger partial charge on any atom is 0.301 e. The van der Waals surface area contributed by atoms with Crippen LogP contribution in [0.1, 0.15) is 20.8 Å². The number of benzene rings is 1. The molecular formula is C13H18N4O5. The minimum atomic E-state index is -0.695. The first kappa shape index (κ1) is 17.5. The Kier molecular flexibility index (Phi) is 5.93. The summed E-state index contributed by atoms with van der Waals surface area (Å²) in [7, 11) is 1.54. The van der Waals surface area contributed by atoms with Crippen LogP contribution in [0, 0.1) is 26.1 Å². The Bertz CT molecular complexity index is 600. The van der Waals surface area contributed by atoms with E-state index in [9.17, 15) is 20.2 Å². The lowest BCUT2D eigenvalue weighted by molar-refractivity contribution is -0.393. The van der Waals surface area contributed by atoms with E-state index in [0.29, 0.717) is 5.71 Å². The van der Waals surface area contributed by atoms with Crippen LogP contribution in [0.5, 0.6) is 0 Å². The fourth-order valence-electron chi connectivity index (χ4n) is 1.81. The fourth-order valence-corrected chi connectivity index (χ4v) is 1.81. The summed E-state index contributed by atoms with van der Waals surface area (Å²) in [5, 5.41) is 25.9. The quantitative estimate of drug-likeness (QED) is 0.469. The number of methoxy groups -OCH3 is 1. The van der Waals surface area contributed by atoms with Crippen LogP contribution < -0.4 is 5.43 Å². The van der Waals surface area contributed by atoms with Gasteiger partial charge in [-0.05, 0) is 18.9 Å². The highest BCUT2D eigenvalue weighted by Crippen LogP contribution is 2.29. The second-order valence-electron chi connectivity index (χ2n) is 4.90. The third-order valence-electron chi connectivity index (χ3n) is 3.06. The Labute approximate surface area is 127 Å². The summed E-state index contributed by atoms with van der Waals surface area (Å²) in [6, 6.07) is 3.33. The summed E-state index contributed by atoms with van der Waals surface area (Å²) in [5.74, 6) is 0.0690. The molecule has 0 bridgehead atoms. The molecule has 1 aromatic carbocycles.